The zero-order valence-electron chi connectivity index (χ0n) is 20.5. The molecule has 6 unspecified atom stereocenters. The fourth-order valence-electron chi connectivity index (χ4n) is 7.38. The van der Waals surface area contributed by atoms with Crippen LogP contribution in [0.15, 0.2) is 0 Å². The van der Waals surface area contributed by atoms with Gasteiger partial charge < -0.3 is 0 Å². The van der Waals surface area contributed by atoms with Crippen LogP contribution in [0.25, 0.3) is 0 Å². The molecule has 4 fully saturated rings. The second-order valence-electron chi connectivity index (χ2n) is 11.9. The van der Waals surface area contributed by atoms with Gasteiger partial charge in [-0.3, -0.25) is 19.2 Å². The van der Waals surface area contributed by atoms with Gasteiger partial charge in [-0.25, -0.2) is 0 Å². The second-order valence-corrected chi connectivity index (χ2v) is 11.9. The summed E-state index contributed by atoms with van der Waals surface area (Å²) >= 11 is 0. The average Bonchev–Trinajstić information content (AvgIpc) is 3.14. The van der Waals surface area contributed by atoms with Crippen molar-refractivity contribution in [2.24, 2.45) is 45.3 Å². The molecule has 11 heteroatoms. The molecular weight excluding hydrogens is 525 g/mol. The van der Waals surface area contributed by atoms with Crippen molar-refractivity contribution in [2.75, 3.05) is 0 Å². The molecule has 0 aromatic heterocycles. The zero-order chi connectivity index (χ0) is 26.4. The Morgan fingerprint density at radius 2 is 0.914 bits per heavy atom. The molecule has 4 aliphatic carbocycles. The Balaban J connectivity index is 0.000000240. The van der Waals surface area contributed by atoms with E-state index in [1.165, 1.54) is 0 Å². The van der Waals surface area contributed by atoms with Crippen LogP contribution in [0.2, 0.25) is 0 Å². The van der Waals surface area contributed by atoms with Gasteiger partial charge in [0.2, 0.25) is 0 Å². The molecule has 4 aliphatic rings. The van der Waals surface area contributed by atoms with E-state index in [1.807, 2.05) is 27.7 Å². The van der Waals surface area contributed by atoms with Gasteiger partial charge in [-0.05, 0) is 36.5 Å². The molecule has 4 nitrogen and oxygen atoms in total. The van der Waals surface area contributed by atoms with Crippen molar-refractivity contribution in [3.63, 3.8) is 0 Å². The molecule has 0 spiro atoms. The minimum Gasteiger partial charge on any atom is -0.282 e. The van der Waals surface area contributed by atoms with Crippen LogP contribution in [0, 0.1) is 45.3 Å². The first-order chi connectivity index (χ1) is 15.1. The molecule has 0 amide bonds. The Morgan fingerprint density at radius 1 is 0.657 bits per heavy atom. The summed E-state index contributed by atoms with van der Waals surface area (Å²) in [4.78, 5) is 38.7. The summed E-state index contributed by atoms with van der Waals surface area (Å²) < 4.78 is 75.7. The maximum atomic E-state index is 12.6. The van der Waals surface area contributed by atoms with E-state index in [9.17, 15) is 45.5 Å². The third kappa shape index (κ3) is 3.94. The standard InChI is InChI=1S/2C12H15F3O2.Co/c2*1-10(2)6-4-5-11(10,3)7(8(6)16)9(17)12(13,14)15;/h2*6-7H,4-5H2,1-3H3;/p+4. The van der Waals surface area contributed by atoms with Crippen LogP contribution >= 0.6 is 0 Å². The van der Waals surface area contributed by atoms with Crippen LogP contribution in [0.4, 0.5) is 26.3 Å². The zero-order valence-corrected chi connectivity index (χ0v) is 21.6. The summed E-state index contributed by atoms with van der Waals surface area (Å²) in [5, 5.41) is 0. The Labute approximate surface area is 210 Å². The van der Waals surface area contributed by atoms with Crippen LogP contribution < -0.4 is 0 Å². The van der Waals surface area contributed by atoms with Gasteiger partial charge in [-0.15, -0.1) is 0 Å². The summed E-state index contributed by atoms with van der Waals surface area (Å²) in [5.41, 5.74) is -2.27. The third-order valence-corrected chi connectivity index (χ3v) is 10.3. The van der Waals surface area contributed by atoms with Gasteiger partial charge in [-0.2, -0.15) is 26.3 Å². The molecular formula is C24H34CoF6O4+4. The van der Waals surface area contributed by atoms with Crippen LogP contribution in [-0.4, -0.2) is 54.7 Å². The van der Waals surface area contributed by atoms with Crippen molar-refractivity contribution < 1.29 is 62.3 Å². The van der Waals surface area contributed by atoms with E-state index in [0.717, 1.165) is 0 Å². The van der Waals surface area contributed by atoms with Gasteiger partial charge in [0.1, 0.15) is 0 Å². The minimum atomic E-state index is -4.76. The maximum Gasteiger partial charge on any atom is 0.505 e. The Kier molecular flexibility index (Phi) is 7.19. The fraction of sp³-hybridized carbons (Fsp3) is 0.833. The number of alkyl halides is 6. The van der Waals surface area contributed by atoms with E-state index in [2.05, 4.69) is 0 Å². The number of hydrogen-bond donors (Lipinski definition) is 0. The van der Waals surface area contributed by atoms with Crippen LogP contribution in [0.5, 0.6) is 0 Å². The Bertz CT molecular complexity index is 877. The molecule has 4 N–H and O–H groups in total. The third-order valence-electron chi connectivity index (χ3n) is 10.3. The van der Waals surface area contributed by atoms with E-state index >= 15 is 0 Å². The van der Waals surface area contributed by atoms with Crippen LogP contribution in [-0.2, 0) is 16.8 Å². The molecule has 0 aliphatic heterocycles. The van der Waals surface area contributed by atoms with Gasteiger partial charge in [0.15, 0.2) is 11.8 Å². The van der Waals surface area contributed by atoms with E-state index in [0.29, 0.717) is 25.7 Å². The number of ketones is 4. The molecule has 4 saturated carbocycles. The van der Waals surface area contributed by atoms with Crippen molar-refractivity contribution in [3.05, 3.63) is 0 Å². The monoisotopic (exact) mass is 559 g/mol. The normalized spacial score (nSPS) is 38.6. The number of rotatable bonds is 2. The van der Waals surface area contributed by atoms with E-state index in [4.69, 9.17) is 0 Å². The molecule has 0 saturated heterocycles. The summed E-state index contributed by atoms with van der Waals surface area (Å²) in [6.45, 7) is 10.9. The maximum absolute atomic E-state index is 12.6. The number of halogens is 6. The minimum absolute atomic E-state index is 0. The van der Waals surface area contributed by atoms with Crippen LogP contribution in [0.3, 0.4) is 0 Å². The molecule has 4 rings (SSSR count). The molecule has 1 radical (unpaired) electrons. The fourth-order valence-corrected chi connectivity index (χ4v) is 7.38. The topological polar surface area (TPSA) is 85.6 Å². The molecule has 4 bridgehead atoms. The van der Waals surface area contributed by atoms with E-state index in [-0.39, 0.29) is 40.2 Å². The van der Waals surface area contributed by atoms with Crippen molar-refractivity contribution in [1.82, 2.24) is 0 Å². The number of hydrogen-bond acceptors (Lipinski definition) is 0. The first kappa shape index (κ1) is 30.0. The Morgan fingerprint density at radius 3 is 1.09 bits per heavy atom. The molecule has 0 heterocycles. The van der Waals surface area contributed by atoms with Crippen molar-refractivity contribution >= 4 is 23.1 Å². The molecule has 6 atom stereocenters. The molecule has 35 heavy (non-hydrogen) atoms. The van der Waals surface area contributed by atoms with Crippen molar-refractivity contribution in [2.45, 2.75) is 79.6 Å². The summed E-state index contributed by atoms with van der Waals surface area (Å²) in [7, 11) is 0. The molecule has 0 aromatic rings. The quantitative estimate of drug-likeness (QED) is 0.246. The average molecular weight is 559 g/mol. The molecule has 201 valence electrons. The number of fused-ring (bicyclic) bond motifs is 4. The summed E-state index contributed by atoms with van der Waals surface area (Å²) in [5.74, 6) is -6.52. The van der Waals surface area contributed by atoms with Gasteiger partial charge in [0.25, 0.3) is 0 Å². The first-order valence-electron chi connectivity index (χ1n) is 11.4. The Hall–Kier alpha value is -1.23. The van der Waals surface area contributed by atoms with Gasteiger partial charge >= 0.3 is 35.5 Å². The smallest absolute Gasteiger partial charge is 0.282 e. The van der Waals surface area contributed by atoms with Gasteiger partial charge in [-0.1, -0.05) is 41.5 Å². The predicted molar refractivity (Wildman–Crippen MR) is 116 cm³/mol. The SMILES string of the molecule is CC1(C)C2CCC1(C)C(C(=[OH+])C(F)(F)F)C2=[OH+].CC1(C)C2CCC1(C)C(C(=[OH+])C(F)(F)F)C2=[OH+].[Co]. The second kappa shape index (κ2) is 8.39. The van der Waals surface area contributed by atoms with Crippen molar-refractivity contribution in [1.29, 1.82) is 0 Å². The largest absolute Gasteiger partial charge is 0.505 e. The van der Waals surface area contributed by atoms with Crippen LogP contribution in [0.1, 0.15) is 67.2 Å². The van der Waals surface area contributed by atoms with Crippen molar-refractivity contribution in [3.8, 4) is 0 Å². The first-order valence-corrected chi connectivity index (χ1v) is 11.4. The van der Waals surface area contributed by atoms with E-state index < -0.39 is 57.4 Å². The predicted octanol–water partition coefficient (Wildman–Crippen LogP) is 5.42. The van der Waals surface area contributed by atoms with Gasteiger partial charge in [0, 0.05) is 27.6 Å². The summed E-state index contributed by atoms with van der Waals surface area (Å²) in [6, 6.07) is 0. The number of carbonyl (C=O) groups excluding carboxylic acids is 4. The van der Waals surface area contributed by atoms with E-state index in [1.54, 1.807) is 13.8 Å². The molecule has 0 aromatic carbocycles. The summed E-state index contributed by atoms with van der Waals surface area (Å²) in [6.07, 6.45) is -6.95. The van der Waals surface area contributed by atoms with Gasteiger partial charge in [0.05, 0.1) is 11.8 Å².